The summed E-state index contributed by atoms with van der Waals surface area (Å²) in [5.41, 5.74) is 1.35. The number of fused-ring (bicyclic) bond motifs is 5. The SMILES string of the molecule is C[C@H]1CC[C@H]2C(C)(C)[C@H](O)CC[C@]2(C)[C@@]12Cc1c(O)cc3c(c1O2)CN(CCO)C3=O. The van der Waals surface area contributed by atoms with Gasteiger partial charge in [0.05, 0.1) is 24.8 Å². The Kier molecular flexibility index (Phi) is 4.49. The van der Waals surface area contributed by atoms with E-state index < -0.39 is 5.60 Å². The van der Waals surface area contributed by atoms with Gasteiger partial charge in [-0.3, -0.25) is 4.79 Å². The molecular formula is C25H35NO5. The van der Waals surface area contributed by atoms with E-state index in [0.29, 0.717) is 36.1 Å². The van der Waals surface area contributed by atoms with Crippen molar-refractivity contribution in [1.82, 2.24) is 4.90 Å². The average Bonchev–Trinajstić information content (AvgIpc) is 3.26. The lowest BCUT2D eigenvalue weighted by molar-refractivity contribution is -0.210. The Bertz CT molecular complexity index is 942. The van der Waals surface area contributed by atoms with E-state index in [1.165, 1.54) is 0 Å². The molecule has 6 nitrogen and oxygen atoms in total. The molecule has 0 radical (unpaired) electrons. The molecule has 2 heterocycles. The van der Waals surface area contributed by atoms with Gasteiger partial charge < -0.3 is 25.0 Å². The number of aliphatic hydroxyl groups is 2. The van der Waals surface area contributed by atoms with Crippen molar-refractivity contribution >= 4 is 5.91 Å². The highest BCUT2D eigenvalue weighted by Gasteiger charge is 2.67. The fourth-order valence-electron chi connectivity index (χ4n) is 7.63. The number of ether oxygens (including phenoxy) is 1. The lowest BCUT2D eigenvalue weighted by atomic mass is 9.43. The Morgan fingerprint density at radius 2 is 1.94 bits per heavy atom. The first-order chi connectivity index (χ1) is 14.6. The average molecular weight is 430 g/mol. The Labute approximate surface area is 184 Å². The van der Waals surface area contributed by atoms with Gasteiger partial charge in [0.2, 0.25) is 0 Å². The summed E-state index contributed by atoms with van der Waals surface area (Å²) >= 11 is 0. The summed E-state index contributed by atoms with van der Waals surface area (Å²) in [6, 6.07) is 1.60. The van der Waals surface area contributed by atoms with E-state index in [0.717, 1.165) is 36.8 Å². The summed E-state index contributed by atoms with van der Waals surface area (Å²) < 4.78 is 6.96. The molecular weight excluding hydrogens is 394 g/mol. The van der Waals surface area contributed by atoms with E-state index >= 15 is 0 Å². The van der Waals surface area contributed by atoms with Crippen molar-refractivity contribution in [2.45, 2.75) is 78.0 Å². The molecule has 3 N–H and O–H groups in total. The lowest BCUT2D eigenvalue weighted by Crippen LogP contribution is -2.66. The molecule has 31 heavy (non-hydrogen) atoms. The van der Waals surface area contributed by atoms with Gasteiger partial charge in [-0.25, -0.2) is 0 Å². The van der Waals surface area contributed by atoms with E-state index in [1.54, 1.807) is 11.0 Å². The van der Waals surface area contributed by atoms with E-state index in [1.807, 2.05) is 0 Å². The molecule has 2 aliphatic heterocycles. The van der Waals surface area contributed by atoms with Crippen LogP contribution in [0.5, 0.6) is 11.5 Å². The number of aromatic hydroxyl groups is 1. The zero-order valence-electron chi connectivity index (χ0n) is 19.1. The van der Waals surface area contributed by atoms with Crippen molar-refractivity contribution in [3.8, 4) is 11.5 Å². The number of carbonyl (C=O) groups excluding carboxylic acids is 1. The smallest absolute Gasteiger partial charge is 0.254 e. The van der Waals surface area contributed by atoms with Gasteiger partial charge >= 0.3 is 0 Å². The number of benzene rings is 1. The van der Waals surface area contributed by atoms with Crippen molar-refractivity contribution in [2.24, 2.45) is 22.7 Å². The summed E-state index contributed by atoms with van der Waals surface area (Å²) in [5.74, 6) is 1.28. The molecule has 170 valence electrons. The molecule has 0 aromatic heterocycles. The van der Waals surface area contributed by atoms with Gasteiger partial charge in [0.1, 0.15) is 17.1 Å². The van der Waals surface area contributed by atoms with Crippen molar-refractivity contribution in [3.63, 3.8) is 0 Å². The third-order valence-corrected chi connectivity index (χ3v) is 9.54. The van der Waals surface area contributed by atoms with Gasteiger partial charge in [-0.2, -0.15) is 0 Å². The minimum absolute atomic E-state index is 0.0904. The number of hydrogen-bond acceptors (Lipinski definition) is 5. The number of hydrogen-bond donors (Lipinski definition) is 3. The van der Waals surface area contributed by atoms with E-state index in [4.69, 9.17) is 4.74 Å². The largest absolute Gasteiger partial charge is 0.508 e. The van der Waals surface area contributed by atoms with Crippen LogP contribution in [0, 0.1) is 22.7 Å². The van der Waals surface area contributed by atoms with Gasteiger partial charge in [0.15, 0.2) is 0 Å². The topological polar surface area (TPSA) is 90.2 Å². The molecule has 1 spiro atoms. The van der Waals surface area contributed by atoms with E-state index in [2.05, 4.69) is 27.7 Å². The van der Waals surface area contributed by atoms with Crippen LogP contribution >= 0.6 is 0 Å². The first-order valence-corrected chi connectivity index (χ1v) is 11.7. The molecule has 1 aromatic rings. The number of amides is 1. The third-order valence-electron chi connectivity index (χ3n) is 9.54. The Morgan fingerprint density at radius 1 is 1.19 bits per heavy atom. The number of carbonyl (C=O) groups is 1. The number of β-amino-alcohol motifs (C(OH)–C–C–N with tert-alkyl or cyclic N) is 1. The second-order valence-corrected chi connectivity index (χ2v) is 11.2. The molecule has 0 saturated heterocycles. The monoisotopic (exact) mass is 429 g/mol. The van der Waals surface area contributed by atoms with Crippen molar-refractivity contribution in [1.29, 1.82) is 0 Å². The molecule has 2 saturated carbocycles. The highest BCUT2D eigenvalue weighted by Crippen LogP contribution is 2.67. The zero-order chi connectivity index (χ0) is 22.3. The lowest BCUT2D eigenvalue weighted by Gasteiger charge is -2.64. The first-order valence-electron chi connectivity index (χ1n) is 11.7. The van der Waals surface area contributed by atoms with Crippen LogP contribution in [-0.2, 0) is 13.0 Å². The Morgan fingerprint density at radius 3 is 2.65 bits per heavy atom. The number of rotatable bonds is 2. The molecule has 2 aliphatic carbocycles. The fourth-order valence-corrected chi connectivity index (χ4v) is 7.63. The Hall–Kier alpha value is -1.79. The molecule has 6 heteroatoms. The van der Waals surface area contributed by atoms with Gasteiger partial charge in [0, 0.05) is 29.5 Å². The predicted octanol–water partition coefficient (Wildman–Crippen LogP) is 3.25. The van der Waals surface area contributed by atoms with Gasteiger partial charge in [-0.05, 0) is 49.0 Å². The first kappa shape index (κ1) is 21.1. The number of phenols is 1. The quantitative estimate of drug-likeness (QED) is 0.671. The Balaban J connectivity index is 1.61. The minimum atomic E-state index is -0.463. The molecule has 0 bridgehead atoms. The maximum absolute atomic E-state index is 12.8. The summed E-state index contributed by atoms with van der Waals surface area (Å²) in [6.45, 7) is 9.55. The standard InChI is InChI=1S/C25H35NO5/c1-14-5-6-19-23(2,3)20(29)7-8-24(19,4)25(14)12-16-18(28)11-15-17(21(16)31-25)13-26(9-10-27)22(15)30/h11,14,19-20,27-29H,5-10,12-13H2,1-4H3/t14-,19-,20+,24-,25+/m0/s1. The number of phenolic OH excluding ortho intramolecular Hbond substituents is 1. The number of nitrogens with zero attached hydrogens (tertiary/aromatic N) is 1. The van der Waals surface area contributed by atoms with Crippen LogP contribution in [0.15, 0.2) is 6.07 Å². The second-order valence-electron chi connectivity index (χ2n) is 11.2. The second kappa shape index (κ2) is 6.61. The van der Waals surface area contributed by atoms with Crippen LogP contribution in [0.2, 0.25) is 0 Å². The van der Waals surface area contributed by atoms with Gasteiger partial charge in [-0.1, -0.05) is 27.7 Å². The predicted molar refractivity (Wildman–Crippen MR) is 116 cm³/mol. The molecule has 1 aromatic carbocycles. The van der Waals surface area contributed by atoms with Crippen LogP contribution in [-0.4, -0.2) is 51.0 Å². The van der Waals surface area contributed by atoms with Gasteiger partial charge in [0.25, 0.3) is 5.91 Å². The molecule has 5 rings (SSSR count). The van der Waals surface area contributed by atoms with Gasteiger partial charge in [-0.15, -0.1) is 0 Å². The zero-order valence-corrected chi connectivity index (χ0v) is 19.1. The maximum atomic E-state index is 12.8. The molecule has 4 aliphatic rings. The van der Waals surface area contributed by atoms with Crippen LogP contribution in [0.25, 0.3) is 0 Å². The van der Waals surface area contributed by atoms with Crippen LogP contribution < -0.4 is 4.74 Å². The highest BCUT2D eigenvalue weighted by atomic mass is 16.5. The molecule has 2 fully saturated rings. The van der Waals surface area contributed by atoms with E-state index in [9.17, 15) is 20.1 Å². The van der Waals surface area contributed by atoms with Crippen LogP contribution in [0.1, 0.15) is 74.9 Å². The summed E-state index contributed by atoms with van der Waals surface area (Å²) in [6.07, 6.45) is 4.04. The van der Waals surface area contributed by atoms with Crippen molar-refractivity contribution < 1.29 is 24.9 Å². The molecule has 5 atom stereocenters. The summed E-state index contributed by atoms with van der Waals surface area (Å²) in [4.78, 5) is 14.4. The van der Waals surface area contributed by atoms with Crippen molar-refractivity contribution in [2.75, 3.05) is 13.2 Å². The normalized spacial score (nSPS) is 38.1. The minimum Gasteiger partial charge on any atom is -0.508 e. The highest BCUT2D eigenvalue weighted by molar-refractivity contribution is 6.00. The van der Waals surface area contributed by atoms with Crippen LogP contribution in [0.3, 0.4) is 0 Å². The fraction of sp³-hybridized carbons (Fsp3) is 0.720. The molecule has 1 amide bonds. The summed E-state index contributed by atoms with van der Waals surface area (Å²) in [7, 11) is 0. The van der Waals surface area contributed by atoms with Crippen LogP contribution in [0.4, 0.5) is 0 Å². The number of aliphatic hydroxyl groups excluding tert-OH is 2. The molecule has 0 unspecified atom stereocenters. The summed E-state index contributed by atoms with van der Waals surface area (Å²) in [5, 5.41) is 31.1. The maximum Gasteiger partial charge on any atom is 0.254 e. The van der Waals surface area contributed by atoms with Crippen molar-refractivity contribution in [3.05, 3.63) is 22.8 Å². The third kappa shape index (κ3) is 2.55. The van der Waals surface area contributed by atoms with E-state index in [-0.39, 0.29) is 41.7 Å².